The minimum Gasteiger partial charge on any atom is -0.508 e. The van der Waals surface area contributed by atoms with E-state index in [9.17, 15) is 15.0 Å². The highest BCUT2D eigenvalue weighted by Crippen LogP contribution is 2.27. The van der Waals surface area contributed by atoms with Crippen molar-refractivity contribution in [2.24, 2.45) is 5.92 Å². The van der Waals surface area contributed by atoms with E-state index in [2.05, 4.69) is 5.32 Å². The first-order chi connectivity index (χ1) is 9.66. The van der Waals surface area contributed by atoms with Crippen molar-refractivity contribution in [3.8, 4) is 5.75 Å². The van der Waals surface area contributed by atoms with Gasteiger partial charge in [0.15, 0.2) is 0 Å². The van der Waals surface area contributed by atoms with Crippen LogP contribution in [0.3, 0.4) is 0 Å². The summed E-state index contributed by atoms with van der Waals surface area (Å²) in [4.78, 5) is 11.8. The lowest BCUT2D eigenvalue weighted by atomic mass is 9.83. The summed E-state index contributed by atoms with van der Waals surface area (Å²) in [6.07, 6.45) is 6.03. The molecule has 1 saturated carbocycles. The zero-order valence-electron chi connectivity index (χ0n) is 11.7. The highest BCUT2D eigenvalue weighted by Gasteiger charge is 2.22. The SMILES string of the molecule is O=C(NCCCC1CCCCC1O)c1cccc(O)c1. The average molecular weight is 277 g/mol. The quantitative estimate of drug-likeness (QED) is 0.724. The predicted molar refractivity (Wildman–Crippen MR) is 77.6 cm³/mol. The second kappa shape index (κ2) is 7.29. The van der Waals surface area contributed by atoms with Crippen molar-refractivity contribution >= 4 is 5.91 Å². The maximum atomic E-state index is 11.8. The Morgan fingerprint density at radius 1 is 1.30 bits per heavy atom. The van der Waals surface area contributed by atoms with Gasteiger partial charge in [-0.1, -0.05) is 18.9 Å². The summed E-state index contributed by atoms with van der Waals surface area (Å²) < 4.78 is 0. The lowest BCUT2D eigenvalue weighted by Crippen LogP contribution is -2.27. The van der Waals surface area contributed by atoms with E-state index in [1.54, 1.807) is 18.2 Å². The molecule has 4 heteroatoms. The molecule has 2 rings (SSSR count). The Hall–Kier alpha value is -1.55. The summed E-state index contributed by atoms with van der Waals surface area (Å²) in [7, 11) is 0. The van der Waals surface area contributed by atoms with Crippen molar-refractivity contribution in [3.63, 3.8) is 0 Å². The smallest absolute Gasteiger partial charge is 0.251 e. The van der Waals surface area contributed by atoms with Crippen LogP contribution in [0.2, 0.25) is 0 Å². The highest BCUT2D eigenvalue weighted by atomic mass is 16.3. The monoisotopic (exact) mass is 277 g/mol. The first-order valence-electron chi connectivity index (χ1n) is 7.42. The number of carbonyl (C=O) groups excluding carboxylic acids is 1. The number of amides is 1. The molecule has 0 bridgehead atoms. The van der Waals surface area contributed by atoms with Crippen molar-refractivity contribution in [2.75, 3.05) is 6.54 Å². The van der Waals surface area contributed by atoms with Gasteiger partial charge < -0.3 is 15.5 Å². The van der Waals surface area contributed by atoms with Crippen LogP contribution in [-0.2, 0) is 0 Å². The fourth-order valence-corrected chi connectivity index (χ4v) is 2.84. The van der Waals surface area contributed by atoms with Gasteiger partial charge in [0.1, 0.15) is 5.75 Å². The Bertz CT molecular complexity index is 447. The van der Waals surface area contributed by atoms with Crippen LogP contribution < -0.4 is 5.32 Å². The Balaban J connectivity index is 1.69. The van der Waals surface area contributed by atoms with Gasteiger partial charge in [-0.3, -0.25) is 4.79 Å². The first kappa shape index (κ1) is 14.9. The Labute approximate surface area is 119 Å². The summed E-state index contributed by atoms with van der Waals surface area (Å²) >= 11 is 0. The molecule has 20 heavy (non-hydrogen) atoms. The standard InChI is InChI=1S/C16H23NO3/c18-14-8-3-6-13(11-14)16(20)17-10-4-7-12-5-1-2-9-15(12)19/h3,6,8,11-12,15,18-19H,1-2,4-5,7,9-10H2,(H,17,20). The molecule has 1 aromatic rings. The van der Waals surface area contributed by atoms with Crippen LogP contribution in [0.15, 0.2) is 24.3 Å². The van der Waals surface area contributed by atoms with E-state index in [0.717, 1.165) is 32.1 Å². The number of aliphatic hydroxyl groups is 1. The van der Waals surface area contributed by atoms with Crippen LogP contribution in [0.5, 0.6) is 5.75 Å². The molecule has 3 N–H and O–H groups in total. The van der Waals surface area contributed by atoms with Crippen molar-refractivity contribution in [1.29, 1.82) is 0 Å². The maximum Gasteiger partial charge on any atom is 0.251 e. The summed E-state index contributed by atoms with van der Waals surface area (Å²) in [6, 6.07) is 6.34. The molecular formula is C16H23NO3. The molecule has 0 aromatic heterocycles. The van der Waals surface area contributed by atoms with Gasteiger partial charge in [0, 0.05) is 12.1 Å². The molecule has 0 spiro atoms. The number of phenols is 1. The molecule has 4 nitrogen and oxygen atoms in total. The molecule has 1 aliphatic carbocycles. The van der Waals surface area contributed by atoms with E-state index in [0.29, 0.717) is 18.0 Å². The second-order valence-electron chi connectivity index (χ2n) is 5.56. The van der Waals surface area contributed by atoms with Crippen LogP contribution >= 0.6 is 0 Å². The number of phenolic OH excluding ortho intramolecular Hbond substituents is 1. The van der Waals surface area contributed by atoms with Crippen LogP contribution in [-0.4, -0.2) is 28.8 Å². The molecule has 0 heterocycles. The highest BCUT2D eigenvalue weighted by molar-refractivity contribution is 5.94. The van der Waals surface area contributed by atoms with Crippen molar-refractivity contribution in [2.45, 2.75) is 44.6 Å². The van der Waals surface area contributed by atoms with Gasteiger partial charge >= 0.3 is 0 Å². The predicted octanol–water partition coefficient (Wildman–Crippen LogP) is 2.45. The van der Waals surface area contributed by atoms with Gasteiger partial charge in [-0.2, -0.15) is 0 Å². The number of rotatable bonds is 5. The van der Waals surface area contributed by atoms with E-state index in [-0.39, 0.29) is 17.8 Å². The van der Waals surface area contributed by atoms with E-state index in [4.69, 9.17) is 0 Å². The van der Waals surface area contributed by atoms with Gasteiger partial charge in [0.2, 0.25) is 0 Å². The maximum absolute atomic E-state index is 11.8. The summed E-state index contributed by atoms with van der Waals surface area (Å²) in [5, 5.41) is 22.0. The van der Waals surface area contributed by atoms with Gasteiger partial charge in [-0.15, -0.1) is 0 Å². The van der Waals surface area contributed by atoms with E-state index >= 15 is 0 Å². The van der Waals surface area contributed by atoms with Crippen LogP contribution in [0.4, 0.5) is 0 Å². The first-order valence-corrected chi connectivity index (χ1v) is 7.42. The number of aliphatic hydroxyl groups excluding tert-OH is 1. The summed E-state index contributed by atoms with van der Waals surface area (Å²) in [6.45, 7) is 0.609. The van der Waals surface area contributed by atoms with Gasteiger partial charge in [0.25, 0.3) is 5.91 Å². The normalized spacial score (nSPS) is 22.4. The average Bonchev–Trinajstić information content (AvgIpc) is 2.45. The fraction of sp³-hybridized carbons (Fsp3) is 0.562. The summed E-state index contributed by atoms with van der Waals surface area (Å²) in [5.74, 6) is 0.328. The Morgan fingerprint density at radius 2 is 2.10 bits per heavy atom. The summed E-state index contributed by atoms with van der Waals surface area (Å²) in [5.41, 5.74) is 0.475. The third-order valence-corrected chi connectivity index (χ3v) is 4.01. The largest absolute Gasteiger partial charge is 0.508 e. The van der Waals surface area contributed by atoms with Gasteiger partial charge in [-0.05, 0) is 49.8 Å². The lowest BCUT2D eigenvalue weighted by Gasteiger charge is -2.27. The molecule has 0 radical (unpaired) electrons. The second-order valence-corrected chi connectivity index (χ2v) is 5.56. The van der Waals surface area contributed by atoms with Gasteiger partial charge in [-0.25, -0.2) is 0 Å². The zero-order valence-corrected chi connectivity index (χ0v) is 11.7. The zero-order chi connectivity index (χ0) is 14.4. The third kappa shape index (κ3) is 4.23. The molecule has 2 atom stereocenters. The molecule has 0 saturated heterocycles. The fourth-order valence-electron chi connectivity index (χ4n) is 2.84. The number of hydrogen-bond acceptors (Lipinski definition) is 3. The van der Waals surface area contributed by atoms with E-state index in [1.807, 2.05) is 0 Å². The number of nitrogens with one attached hydrogen (secondary N) is 1. The van der Waals surface area contributed by atoms with Crippen molar-refractivity contribution in [1.82, 2.24) is 5.32 Å². The Kier molecular flexibility index (Phi) is 5.41. The van der Waals surface area contributed by atoms with Crippen molar-refractivity contribution in [3.05, 3.63) is 29.8 Å². The number of hydrogen-bond donors (Lipinski definition) is 3. The van der Waals surface area contributed by atoms with Crippen LogP contribution in [0.1, 0.15) is 48.9 Å². The number of carbonyl (C=O) groups is 1. The molecule has 1 fully saturated rings. The topological polar surface area (TPSA) is 69.6 Å². The van der Waals surface area contributed by atoms with Gasteiger partial charge in [0.05, 0.1) is 6.10 Å². The van der Waals surface area contributed by atoms with Crippen molar-refractivity contribution < 1.29 is 15.0 Å². The minimum absolute atomic E-state index is 0.1000. The number of aromatic hydroxyl groups is 1. The Morgan fingerprint density at radius 3 is 2.85 bits per heavy atom. The van der Waals surface area contributed by atoms with Crippen LogP contribution in [0.25, 0.3) is 0 Å². The van der Waals surface area contributed by atoms with Crippen LogP contribution in [0, 0.1) is 5.92 Å². The molecule has 1 aliphatic rings. The van der Waals surface area contributed by atoms with E-state index in [1.165, 1.54) is 12.5 Å². The molecular weight excluding hydrogens is 254 g/mol. The van der Waals surface area contributed by atoms with E-state index < -0.39 is 0 Å². The molecule has 110 valence electrons. The number of benzene rings is 1. The molecule has 1 amide bonds. The third-order valence-electron chi connectivity index (χ3n) is 4.01. The molecule has 1 aromatic carbocycles. The minimum atomic E-state index is -0.162. The molecule has 2 unspecified atom stereocenters. The lowest BCUT2D eigenvalue weighted by molar-refractivity contribution is 0.0641. The molecule has 0 aliphatic heterocycles.